The molecule has 20 heavy (non-hydrogen) atoms. The molecule has 5 heteroatoms. The van der Waals surface area contributed by atoms with E-state index in [4.69, 9.17) is 17.3 Å². The summed E-state index contributed by atoms with van der Waals surface area (Å²) in [6, 6.07) is 4.33. The summed E-state index contributed by atoms with van der Waals surface area (Å²) in [5.74, 6) is 0.344. The Morgan fingerprint density at radius 2 is 2.15 bits per heavy atom. The standard InChI is InChI=1S/C15H18ClFN2O/c16-12-6-9(4-5-13(12)17)15(20)19-7-10-2-1-3-14(18)11(10)8-19/h4-6,10-11,14H,1-3,7-8,18H2. The Labute approximate surface area is 122 Å². The molecule has 1 aliphatic carbocycles. The predicted molar refractivity (Wildman–Crippen MR) is 76.1 cm³/mol. The van der Waals surface area contributed by atoms with Crippen molar-refractivity contribution in [3.63, 3.8) is 0 Å². The Balaban J connectivity index is 1.76. The highest BCUT2D eigenvalue weighted by molar-refractivity contribution is 6.31. The fourth-order valence-corrected chi connectivity index (χ4v) is 3.67. The summed E-state index contributed by atoms with van der Waals surface area (Å²) in [6.45, 7) is 1.46. The Kier molecular flexibility index (Phi) is 3.69. The number of carbonyl (C=O) groups excluding carboxylic acids is 1. The lowest BCUT2D eigenvalue weighted by atomic mass is 9.78. The summed E-state index contributed by atoms with van der Waals surface area (Å²) >= 11 is 5.74. The van der Waals surface area contributed by atoms with Crippen molar-refractivity contribution >= 4 is 17.5 Å². The van der Waals surface area contributed by atoms with Gasteiger partial charge in [-0.2, -0.15) is 0 Å². The average Bonchev–Trinajstić information content (AvgIpc) is 2.86. The third-order valence-corrected chi connectivity index (χ3v) is 4.90. The lowest BCUT2D eigenvalue weighted by Crippen LogP contribution is -2.38. The fourth-order valence-electron chi connectivity index (χ4n) is 3.49. The Hall–Kier alpha value is -1.13. The van der Waals surface area contributed by atoms with Gasteiger partial charge in [-0.3, -0.25) is 4.79 Å². The van der Waals surface area contributed by atoms with Gasteiger partial charge in [-0.25, -0.2) is 4.39 Å². The van der Waals surface area contributed by atoms with Crippen LogP contribution in [-0.2, 0) is 0 Å². The first-order chi connectivity index (χ1) is 9.56. The molecule has 1 saturated carbocycles. The third kappa shape index (κ3) is 2.42. The van der Waals surface area contributed by atoms with Gasteiger partial charge in [0.15, 0.2) is 0 Å². The molecule has 1 aliphatic heterocycles. The van der Waals surface area contributed by atoms with Crippen LogP contribution in [0.1, 0.15) is 29.6 Å². The second kappa shape index (κ2) is 5.34. The van der Waals surface area contributed by atoms with Gasteiger partial charge in [0.2, 0.25) is 0 Å². The highest BCUT2D eigenvalue weighted by atomic mass is 35.5. The van der Waals surface area contributed by atoms with E-state index in [1.165, 1.54) is 18.2 Å². The molecule has 0 aromatic heterocycles. The molecule has 0 radical (unpaired) electrons. The van der Waals surface area contributed by atoms with Crippen molar-refractivity contribution in [2.45, 2.75) is 25.3 Å². The van der Waals surface area contributed by atoms with Crippen LogP contribution >= 0.6 is 11.6 Å². The maximum absolute atomic E-state index is 13.2. The lowest BCUT2D eigenvalue weighted by molar-refractivity contribution is 0.0783. The Morgan fingerprint density at radius 3 is 2.85 bits per heavy atom. The number of hydrogen-bond donors (Lipinski definition) is 1. The average molecular weight is 297 g/mol. The zero-order chi connectivity index (χ0) is 14.3. The number of nitrogens with zero attached hydrogens (tertiary/aromatic N) is 1. The van der Waals surface area contributed by atoms with E-state index in [0.717, 1.165) is 25.8 Å². The van der Waals surface area contributed by atoms with Crippen LogP contribution in [0, 0.1) is 17.7 Å². The lowest BCUT2D eigenvalue weighted by Gasteiger charge is -2.29. The van der Waals surface area contributed by atoms with E-state index in [2.05, 4.69) is 0 Å². The third-order valence-electron chi connectivity index (χ3n) is 4.61. The molecule has 3 rings (SSSR count). The maximum atomic E-state index is 13.2. The molecule has 108 valence electrons. The molecule has 2 aliphatic rings. The van der Waals surface area contributed by atoms with Crippen LogP contribution in [0.2, 0.25) is 5.02 Å². The summed E-state index contributed by atoms with van der Waals surface area (Å²) in [5.41, 5.74) is 6.60. The molecule has 2 fully saturated rings. The highest BCUT2D eigenvalue weighted by Crippen LogP contribution is 2.36. The molecule has 0 bridgehead atoms. The quantitative estimate of drug-likeness (QED) is 0.866. The van der Waals surface area contributed by atoms with Crippen LogP contribution in [0.4, 0.5) is 4.39 Å². The monoisotopic (exact) mass is 296 g/mol. The van der Waals surface area contributed by atoms with Crippen LogP contribution in [0.5, 0.6) is 0 Å². The molecule has 3 nitrogen and oxygen atoms in total. The van der Waals surface area contributed by atoms with Crippen molar-refractivity contribution < 1.29 is 9.18 Å². The molecule has 0 spiro atoms. The van der Waals surface area contributed by atoms with Crippen LogP contribution in [-0.4, -0.2) is 29.9 Å². The molecule has 1 aromatic carbocycles. The van der Waals surface area contributed by atoms with E-state index in [1.807, 2.05) is 4.90 Å². The first-order valence-corrected chi connectivity index (χ1v) is 7.44. The van der Waals surface area contributed by atoms with Crippen LogP contribution in [0.25, 0.3) is 0 Å². The van der Waals surface area contributed by atoms with E-state index in [9.17, 15) is 9.18 Å². The molecule has 2 N–H and O–H groups in total. The van der Waals surface area contributed by atoms with Gasteiger partial charge in [0.1, 0.15) is 5.82 Å². The van der Waals surface area contributed by atoms with E-state index >= 15 is 0 Å². The minimum absolute atomic E-state index is 0.0100. The highest BCUT2D eigenvalue weighted by Gasteiger charge is 2.40. The summed E-state index contributed by atoms with van der Waals surface area (Å²) in [6.07, 6.45) is 3.34. The summed E-state index contributed by atoms with van der Waals surface area (Å²) in [7, 11) is 0. The number of fused-ring (bicyclic) bond motifs is 1. The number of likely N-dealkylation sites (tertiary alicyclic amines) is 1. The number of hydrogen-bond acceptors (Lipinski definition) is 2. The first-order valence-electron chi connectivity index (χ1n) is 7.06. The normalized spacial score (nSPS) is 29.4. The molecule has 1 amide bonds. The van der Waals surface area contributed by atoms with Gasteiger partial charge < -0.3 is 10.6 Å². The van der Waals surface area contributed by atoms with E-state index < -0.39 is 5.82 Å². The second-order valence-electron chi connectivity index (χ2n) is 5.86. The van der Waals surface area contributed by atoms with E-state index in [1.54, 1.807) is 0 Å². The minimum atomic E-state index is -0.500. The molecule has 3 atom stereocenters. The van der Waals surface area contributed by atoms with Crippen LogP contribution in [0.15, 0.2) is 18.2 Å². The maximum Gasteiger partial charge on any atom is 0.253 e. The largest absolute Gasteiger partial charge is 0.338 e. The summed E-state index contributed by atoms with van der Waals surface area (Å²) in [4.78, 5) is 14.3. The molecule has 1 heterocycles. The van der Waals surface area contributed by atoms with Gasteiger partial charge in [0, 0.05) is 24.7 Å². The fraction of sp³-hybridized carbons (Fsp3) is 0.533. The van der Waals surface area contributed by atoms with Gasteiger partial charge >= 0.3 is 0 Å². The zero-order valence-electron chi connectivity index (χ0n) is 11.2. The SMILES string of the molecule is NC1CCCC2CN(C(=O)c3ccc(F)c(Cl)c3)CC12. The van der Waals surface area contributed by atoms with Crippen molar-refractivity contribution in [3.05, 3.63) is 34.6 Å². The number of nitrogens with two attached hydrogens (primary N) is 1. The first kappa shape index (κ1) is 13.8. The number of halogens is 2. The topological polar surface area (TPSA) is 46.3 Å². The number of benzene rings is 1. The molecule has 1 aromatic rings. The number of rotatable bonds is 1. The Bertz CT molecular complexity index is 537. The summed E-state index contributed by atoms with van der Waals surface area (Å²) in [5, 5.41) is -0.0100. The molecular weight excluding hydrogens is 279 g/mol. The molecule has 3 unspecified atom stereocenters. The van der Waals surface area contributed by atoms with Crippen molar-refractivity contribution in [1.82, 2.24) is 4.90 Å². The van der Waals surface area contributed by atoms with Gasteiger partial charge in [-0.1, -0.05) is 18.0 Å². The van der Waals surface area contributed by atoms with Crippen LogP contribution in [0.3, 0.4) is 0 Å². The van der Waals surface area contributed by atoms with Gasteiger partial charge in [0.25, 0.3) is 5.91 Å². The van der Waals surface area contributed by atoms with Gasteiger partial charge in [-0.05, 0) is 42.9 Å². The van der Waals surface area contributed by atoms with Crippen molar-refractivity contribution in [1.29, 1.82) is 0 Å². The van der Waals surface area contributed by atoms with Crippen molar-refractivity contribution in [2.75, 3.05) is 13.1 Å². The number of carbonyl (C=O) groups is 1. The minimum Gasteiger partial charge on any atom is -0.338 e. The van der Waals surface area contributed by atoms with Gasteiger partial charge in [0.05, 0.1) is 5.02 Å². The summed E-state index contributed by atoms with van der Waals surface area (Å²) < 4.78 is 13.2. The number of amides is 1. The van der Waals surface area contributed by atoms with Crippen molar-refractivity contribution in [2.24, 2.45) is 17.6 Å². The van der Waals surface area contributed by atoms with Crippen molar-refractivity contribution in [3.8, 4) is 0 Å². The second-order valence-corrected chi connectivity index (χ2v) is 6.26. The zero-order valence-corrected chi connectivity index (χ0v) is 11.9. The molecular formula is C15H18ClFN2O. The Morgan fingerprint density at radius 1 is 1.35 bits per heavy atom. The van der Waals surface area contributed by atoms with Crippen LogP contribution < -0.4 is 5.73 Å². The molecule has 1 saturated heterocycles. The van der Waals surface area contributed by atoms with E-state index in [-0.39, 0.29) is 17.0 Å². The van der Waals surface area contributed by atoms with E-state index in [0.29, 0.717) is 23.9 Å². The predicted octanol–water partition coefficient (Wildman–Crippen LogP) is 2.68. The van der Waals surface area contributed by atoms with Gasteiger partial charge in [-0.15, -0.1) is 0 Å². The smallest absolute Gasteiger partial charge is 0.253 e.